The Labute approximate surface area is 131 Å². The Morgan fingerprint density at radius 3 is 2.55 bits per heavy atom. The number of hydrogen-bond donors (Lipinski definition) is 0. The van der Waals surface area contributed by atoms with Crippen molar-refractivity contribution in [1.29, 1.82) is 0 Å². The van der Waals surface area contributed by atoms with Crippen molar-refractivity contribution in [2.24, 2.45) is 14.1 Å². The van der Waals surface area contributed by atoms with Gasteiger partial charge in [-0.25, -0.2) is 9.78 Å². The minimum absolute atomic E-state index is 0.0176. The highest BCUT2D eigenvalue weighted by Crippen LogP contribution is 2.25. The number of carbonyl (C=O) groups is 1. The highest BCUT2D eigenvalue weighted by atomic mass is 32.2. The van der Waals surface area contributed by atoms with Crippen molar-refractivity contribution in [3.63, 3.8) is 0 Å². The van der Waals surface area contributed by atoms with E-state index >= 15 is 0 Å². The van der Waals surface area contributed by atoms with Crippen LogP contribution in [0, 0.1) is 0 Å². The summed E-state index contributed by atoms with van der Waals surface area (Å²) in [5.41, 5.74) is -0.192. The molecule has 2 aromatic heterocycles. The van der Waals surface area contributed by atoms with Crippen molar-refractivity contribution in [1.82, 2.24) is 18.7 Å². The minimum Gasteiger partial charge on any atom is -0.309 e. The fourth-order valence-corrected chi connectivity index (χ4v) is 2.97. The van der Waals surface area contributed by atoms with E-state index in [1.54, 1.807) is 24.6 Å². The van der Waals surface area contributed by atoms with Crippen molar-refractivity contribution >= 4 is 28.7 Å². The number of Topliss-reactive ketones (excluding diaryl/α,β-unsaturated/α-hetero) is 1. The predicted molar refractivity (Wildman–Crippen MR) is 86.4 cm³/mol. The molecule has 1 atom stereocenters. The Balaban J connectivity index is 2.81. The summed E-state index contributed by atoms with van der Waals surface area (Å²) >= 11 is 1.26. The largest absolute Gasteiger partial charge is 0.332 e. The van der Waals surface area contributed by atoms with Gasteiger partial charge >= 0.3 is 5.69 Å². The number of allylic oxidation sites excluding steroid dienone is 1. The fraction of sp³-hybridized carbons (Fsp3) is 0.429. The summed E-state index contributed by atoms with van der Waals surface area (Å²) < 4.78 is 4.07. The predicted octanol–water partition coefficient (Wildman–Crippen LogP) is 0.689. The maximum absolute atomic E-state index is 12.4. The zero-order chi connectivity index (χ0) is 16.6. The van der Waals surface area contributed by atoms with Gasteiger partial charge in [0.05, 0.1) is 5.25 Å². The van der Waals surface area contributed by atoms with Crippen LogP contribution in [0.15, 0.2) is 27.4 Å². The Bertz CT molecular complexity index is 875. The molecule has 8 heteroatoms. The number of thioether (sulfide) groups is 1. The molecule has 0 aliphatic carbocycles. The number of aromatic nitrogens is 4. The second kappa shape index (κ2) is 5.96. The average Bonchev–Trinajstić information content (AvgIpc) is 2.82. The third-order valence-electron chi connectivity index (χ3n) is 3.48. The number of aryl methyl sites for hydroxylation is 1. The molecule has 2 heterocycles. The van der Waals surface area contributed by atoms with Gasteiger partial charge in [-0.15, -0.1) is 6.58 Å². The highest BCUT2D eigenvalue weighted by molar-refractivity contribution is 8.00. The Kier molecular flexibility index (Phi) is 4.41. The van der Waals surface area contributed by atoms with Crippen molar-refractivity contribution in [3.8, 4) is 0 Å². The van der Waals surface area contributed by atoms with Crippen LogP contribution < -0.4 is 11.2 Å². The van der Waals surface area contributed by atoms with Gasteiger partial charge in [0, 0.05) is 20.6 Å². The monoisotopic (exact) mass is 322 g/mol. The van der Waals surface area contributed by atoms with E-state index in [2.05, 4.69) is 11.6 Å². The Morgan fingerprint density at radius 2 is 2.00 bits per heavy atom. The van der Waals surface area contributed by atoms with Crippen molar-refractivity contribution in [2.75, 3.05) is 0 Å². The van der Waals surface area contributed by atoms with Gasteiger partial charge in [-0.1, -0.05) is 17.8 Å². The van der Waals surface area contributed by atoms with Gasteiger partial charge in [0.15, 0.2) is 16.3 Å². The Hall–Kier alpha value is -2.09. The molecular formula is C14H18N4O3S. The lowest BCUT2D eigenvalue weighted by atomic mass is 10.3. The first kappa shape index (κ1) is 16.3. The smallest absolute Gasteiger partial charge is 0.309 e. The number of ketones is 1. The number of imidazole rings is 1. The van der Waals surface area contributed by atoms with E-state index < -0.39 is 11.2 Å². The van der Waals surface area contributed by atoms with Crippen LogP contribution >= 0.6 is 11.8 Å². The first-order valence-electron chi connectivity index (χ1n) is 6.73. The molecule has 0 aliphatic rings. The number of carbonyl (C=O) groups excluding carboxylic acids is 1. The lowest BCUT2D eigenvalue weighted by molar-refractivity contribution is -0.116. The molecule has 1 unspecified atom stereocenters. The molecule has 0 spiro atoms. The van der Waals surface area contributed by atoms with Crippen LogP contribution in [0.3, 0.4) is 0 Å². The van der Waals surface area contributed by atoms with E-state index in [1.807, 2.05) is 0 Å². The van der Waals surface area contributed by atoms with Crippen molar-refractivity contribution < 1.29 is 4.79 Å². The van der Waals surface area contributed by atoms with Crippen LogP contribution in [0.1, 0.15) is 13.8 Å². The van der Waals surface area contributed by atoms with Gasteiger partial charge in [-0.2, -0.15) is 0 Å². The zero-order valence-corrected chi connectivity index (χ0v) is 13.8. The van der Waals surface area contributed by atoms with E-state index in [0.29, 0.717) is 22.9 Å². The maximum atomic E-state index is 12.4. The van der Waals surface area contributed by atoms with Crippen LogP contribution in [0.4, 0.5) is 0 Å². The molecule has 0 N–H and O–H groups in total. The summed E-state index contributed by atoms with van der Waals surface area (Å²) in [5, 5.41) is 0.233. The first-order valence-corrected chi connectivity index (χ1v) is 7.61. The lowest BCUT2D eigenvalue weighted by Gasteiger charge is -2.09. The van der Waals surface area contributed by atoms with E-state index in [1.165, 1.54) is 30.3 Å². The van der Waals surface area contributed by atoms with Crippen molar-refractivity contribution in [2.45, 2.75) is 30.8 Å². The number of hydrogen-bond acceptors (Lipinski definition) is 5. The molecule has 22 heavy (non-hydrogen) atoms. The molecular weight excluding hydrogens is 304 g/mol. The molecule has 0 aromatic carbocycles. The molecule has 0 fully saturated rings. The molecule has 0 aliphatic heterocycles. The summed E-state index contributed by atoms with van der Waals surface area (Å²) in [7, 11) is 3.00. The minimum atomic E-state index is -0.433. The number of fused-ring (bicyclic) bond motifs is 1. The number of nitrogens with zero attached hydrogens (tertiary/aromatic N) is 4. The standard InChI is InChI=1S/C14H18N4O3S/c1-6-7-18-10-11(15-13(18)22-9(3)8(2)19)16(4)14(21)17(5)12(10)20/h6,9H,1,7H2,2-5H3. The summed E-state index contributed by atoms with van der Waals surface area (Å²) in [6.45, 7) is 7.35. The summed E-state index contributed by atoms with van der Waals surface area (Å²) in [6.07, 6.45) is 1.65. The molecule has 0 saturated heterocycles. The van der Waals surface area contributed by atoms with Gasteiger partial charge in [0.1, 0.15) is 5.78 Å². The van der Waals surface area contributed by atoms with Crippen LogP contribution in [0.25, 0.3) is 11.2 Å². The Morgan fingerprint density at radius 1 is 1.36 bits per heavy atom. The molecule has 0 amide bonds. The normalized spacial score (nSPS) is 12.5. The van der Waals surface area contributed by atoms with Crippen LogP contribution in [-0.2, 0) is 25.4 Å². The highest BCUT2D eigenvalue weighted by Gasteiger charge is 2.21. The zero-order valence-electron chi connectivity index (χ0n) is 13.0. The second-order valence-corrected chi connectivity index (χ2v) is 6.35. The quantitative estimate of drug-likeness (QED) is 0.598. The topological polar surface area (TPSA) is 78.9 Å². The van der Waals surface area contributed by atoms with Crippen LogP contribution in [0.5, 0.6) is 0 Å². The third kappa shape index (κ3) is 2.54. The molecule has 2 rings (SSSR count). The molecule has 7 nitrogen and oxygen atoms in total. The second-order valence-electron chi connectivity index (χ2n) is 5.04. The van der Waals surface area contributed by atoms with Gasteiger partial charge < -0.3 is 4.57 Å². The third-order valence-corrected chi connectivity index (χ3v) is 4.69. The van der Waals surface area contributed by atoms with Gasteiger partial charge in [0.2, 0.25) is 0 Å². The van der Waals surface area contributed by atoms with Gasteiger partial charge in [-0.3, -0.25) is 18.7 Å². The summed E-state index contributed by atoms with van der Waals surface area (Å²) in [4.78, 5) is 40.3. The van der Waals surface area contributed by atoms with E-state index in [9.17, 15) is 14.4 Å². The molecule has 2 aromatic rings. The summed E-state index contributed by atoms with van der Waals surface area (Å²) in [6, 6.07) is 0. The van der Waals surface area contributed by atoms with E-state index in [-0.39, 0.29) is 11.0 Å². The van der Waals surface area contributed by atoms with Crippen LogP contribution in [0.2, 0.25) is 0 Å². The van der Waals surface area contributed by atoms with Crippen molar-refractivity contribution in [3.05, 3.63) is 33.5 Å². The number of rotatable bonds is 5. The van der Waals surface area contributed by atoms with Gasteiger partial charge in [0.25, 0.3) is 5.56 Å². The average molecular weight is 322 g/mol. The summed E-state index contributed by atoms with van der Waals surface area (Å²) in [5.74, 6) is 0.0176. The molecule has 0 bridgehead atoms. The van der Waals surface area contributed by atoms with Gasteiger partial charge in [-0.05, 0) is 13.8 Å². The fourth-order valence-electron chi connectivity index (χ4n) is 2.06. The van der Waals surface area contributed by atoms with E-state index in [0.717, 1.165) is 4.57 Å². The van der Waals surface area contributed by atoms with Crippen LogP contribution in [-0.4, -0.2) is 29.7 Å². The molecule has 0 saturated carbocycles. The maximum Gasteiger partial charge on any atom is 0.332 e. The van der Waals surface area contributed by atoms with E-state index in [4.69, 9.17) is 0 Å². The first-order chi connectivity index (χ1) is 10.3. The molecule has 0 radical (unpaired) electrons. The lowest BCUT2D eigenvalue weighted by Crippen LogP contribution is -2.37. The SMILES string of the molecule is C=CCn1c(SC(C)C(C)=O)nc2c1c(=O)n(C)c(=O)n2C. The molecule has 118 valence electrons.